The second-order valence-electron chi connectivity index (χ2n) is 7.78. The van der Waals surface area contributed by atoms with E-state index in [1.165, 1.54) is 18.3 Å². The maximum Gasteiger partial charge on any atom is 0.339 e. The molecule has 4 aromatic heterocycles. The Morgan fingerprint density at radius 3 is 1.90 bits per heavy atom. The van der Waals surface area contributed by atoms with Gasteiger partial charge in [-0.25, -0.2) is 15.0 Å². The van der Waals surface area contributed by atoms with Gasteiger partial charge in [-0.2, -0.15) is 10.2 Å². The molecule has 16 heteroatoms. The first-order chi connectivity index (χ1) is 18.9. The average molecular weight is 645 g/mol. The van der Waals surface area contributed by atoms with Crippen LogP contribution in [0.15, 0.2) is 85.5 Å². The number of aromatic amines is 1. The lowest BCUT2D eigenvalue weighted by molar-refractivity contribution is 0.600. The normalized spacial score (nSPS) is 10.3. The van der Waals surface area contributed by atoms with Gasteiger partial charge < -0.3 is 9.88 Å². The van der Waals surface area contributed by atoms with Gasteiger partial charge in [0.1, 0.15) is 16.9 Å². The van der Waals surface area contributed by atoms with E-state index in [1.807, 2.05) is 32.3 Å². The van der Waals surface area contributed by atoms with Crippen molar-refractivity contribution in [1.29, 1.82) is 0 Å². The van der Waals surface area contributed by atoms with Crippen LogP contribution in [0.3, 0.4) is 0 Å². The Balaban J connectivity index is 0.000000197. The van der Waals surface area contributed by atoms with Crippen LogP contribution in [-0.4, -0.2) is 53.6 Å². The van der Waals surface area contributed by atoms with Gasteiger partial charge in [0, 0.05) is 32.2 Å². The lowest BCUT2D eigenvalue weighted by Crippen LogP contribution is -2.07. The number of rotatable bonds is 5. The number of nitrogens with zero attached hydrogens (tertiary/aromatic N) is 8. The van der Waals surface area contributed by atoms with Crippen LogP contribution >= 0.6 is 50.5 Å². The van der Waals surface area contributed by atoms with E-state index in [9.17, 15) is 9.36 Å². The third-order valence-corrected chi connectivity index (χ3v) is 4.89. The van der Waals surface area contributed by atoms with Crippen molar-refractivity contribution in [2.75, 3.05) is 19.0 Å². The molecule has 40 heavy (non-hydrogen) atoms. The van der Waals surface area contributed by atoms with Crippen molar-refractivity contribution < 1.29 is 4.57 Å². The second kappa shape index (κ2) is 16.2. The summed E-state index contributed by atoms with van der Waals surface area (Å²) in [6, 6.07) is 10.3. The number of halogens is 4. The molecule has 0 fully saturated rings. The van der Waals surface area contributed by atoms with Crippen LogP contribution in [0.1, 0.15) is 0 Å². The lowest BCUT2D eigenvalue weighted by Gasteiger charge is -2.10. The predicted octanol–water partition coefficient (Wildman–Crippen LogP) is 6.53. The highest BCUT2D eigenvalue weighted by Crippen LogP contribution is 2.61. The predicted molar refractivity (Wildman–Crippen MR) is 165 cm³/mol. The zero-order valence-electron chi connectivity index (χ0n) is 21.5. The fraction of sp³-hybridized carbons (Fsp3) is 0.167. The first-order valence-corrected chi connectivity index (χ1v) is 16.1. The van der Waals surface area contributed by atoms with Gasteiger partial charge >= 0.3 is 5.20 Å². The second-order valence-corrected chi connectivity index (χ2v) is 14.8. The lowest BCUT2D eigenvalue weighted by atomic mass is 10.3. The molecule has 0 radical (unpaired) electrons. The minimum absolute atomic E-state index is 0.166. The van der Waals surface area contributed by atoms with E-state index >= 15 is 0 Å². The van der Waals surface area contributed by atoms with Crippen molar-refractivity contribution in [3.8, 4) is 0 Å². The van der Waals surface area contributed by atoms with Gasteiger partial charge in [-0.05, 0) is 45.9 Å². The summed E-state index contributed by atoms with van der Waals surface area (Å²) in [5, 5.41) is 6.73. The molecule has 4 heterocycles. The molecule has 0 aliphatic carbocycles. The molecule has 0 aliphatic heterocycles. The fourth-order valence-corrected chi connectivity index (χ4v) is 3.11. The van der Waals surface area contributed by atoms with Crippen molar-refractivity contribution in [1.82, 2.24) is 39.5 Å². The first kappa shape index (κ1) is 33.0. The summed E-state index contributed by atoms with van der Waals surface area (Å²) in [5.41, 5.74) is 2.16. The largest absolute Gasteiger partial charge is 0.378 e. The molecule has 1 aromatic carbocycles. The van der Waals surface area contributed by atoms with Gasteiger partial charge in [0.05, 0.1) is 24.8 Å². The molecular formula is C24H26Cl4N9O2P. The number of aromatic nitrogens is 8. The summed E-state index contributed by atoms with van der Waals surface area (Å²) in [7, 11) is 4.07. The van der Waals surface area contributed by atoms with E-state index in [0.29, 0.717) is 34.9 Å². The third-order valence-electron chi connectivity index (χ3n) is 4.59. The fourth-order valence-electron chi connectivity index (χ4n) is 2.93. The van der Waals surface area contributed by atoms with E-state index in [2.05, 4.69) is 94.0 Å². The molecule has 11 nitrogen and oxygen atoms in total. The van der Waals surface area contributed by atoms with Gasteiger partial charge in [0.15, 0.2) is 11.3 Å². The number of anilines is 1. The standard InChI is InChI=1S/C8H7ClN4.C8H8N4O.C8H11N.Cl3OP/c1-2-3-13-4-6-7(9)10-5-11-8(6)12-13;1-2-3-12-4-6-7(11-12)9-5-10-8(6)13;1-9(2)8-6-4-3-5-7-8;1-5(2,3)4/h2,4-5H,1,3H2;2,4-5H,1,3H2,(H,9,10,11,13);3-7H,1-2H3;. The third kappa shape index (κ3) is 11.5. The summed E-state index contributed by atoms with van der Waals surface area (Å²) in [5.74, 6) is 0. The number of allylic oxidation sites excluding steroid dienone is 2. The quantitative estimate of drug-likeness (QED) is 0.130. The number of hydrogen-bond donors (Lipinski definition) is 1. The van der Waals surface area contributed by atoms with Gasteiger partial charge in [-0.1, -0.05) is 42.0 Å². The molecule has 0 amide bonds. The Morgan fingerprint density at radius 1 is 0.925 bits per heavy atom. The van der Waals surface area contributed by atoms with Crippen LogP contribution < -0.4 is 10.5 Å². The highest BCUT2D eigenvalue weighted by molar-refractivity contribution is 8.24. The molecule has 212 valence electrons. The van der Waals surface area contributed by atoms with E-state index in [4.69, 9.17) is 11.6 Å². The maximum absolute atomic E-state index is 11.2. The molecule has 0 saturated carbocycles. The smallest absolute Gasteiger partial charge is 0.339 e. The van der Waals surface area contributed by atoms with E-state index < -0.39 is 5.20 Å². The average Bonchev–Trinajstić information content (AvgIpc) is 3.50. The first-order valence-electron chi connectivity index (χ1n) is 11.3. The Labute approximate surface area is 249 Å². The number of fused-ring (bicyclic) bond motifs is 2. The summed E-state index contributed by atoms with van der Waals surface area (Å²) in [6.45, 7) is 8.42. The van der Waals surface area contributed by atoms with Crippen LogP contribution in [-0.2, 0) is 17.7 Å². The highest BCUT2D eigenvalue weighted by Gasteiger charge is 2.05. The van der Waals surface area contributed by atoms with E-state index in [1.54, 1.807) is 33.9 Å². The van der Waals surface area contributed by atoms with Crippen LogP contribution in [0, 0.1) is 0 Å². The van der Waals surface area contributed by atoms with Crippen molar-refractivity contribution in [2.24, 2.45) is 0 Å². The summed E-state index contributed by atoms with van der Waals surface area (Å²) >= 11 is 19.7. The summed E-state index contributed by atoms with van der Waals surface area (Å²) in [6.07, 6.45) is 9.67. The van der Waals surface area contributed by atoms with Crippen molar-refractivity contribution in [3.05, 3.63) is 96.2 Å². The van der Waals surface area contributed by atoms with E-state index in [-0.39, 0.29) is 5.56 Å². The SMILES string of the molecule is C=CCn1cc2c(=O)[nH]cnc2n1.C=CCn1cc2c(Cl)ncnc2n1.CN(C)c1ccccc1.O=P(Cl)(Cl)Cl. The molecule has 0 bridgehead atoms. The van der Waals surface area contributed by atoms with Crippen molar-refractivity contribution in [2.45, 2.75) is 13.1 Å². The Hall–Kier alpha value is -3.21. The van der Waals surface area contributed by atoms with Gasteiger partial charge in [0.25, 0.3) is 5.56 Å². The van der Waals surface area contributed by atoms with Gasteiger partial charge in [-0.15, -0.1) is 13.2 Å². The molecule has 1 N–H and O–H groups in total. The number of benzene rings is 1. The molecule has 0 saturated heterocycles. The number of nitrogens with one attached hydrogen (secondary N) is 1. The topological polar surface area (TPSA) is 127 Å². The Morgan fingerprint density at radius 2 is 1.45 bits per heavy atom. The Bertz CT molecular complexity index is 1620. The zero-order chi connectivity index (χ0) is 29.7. The minimum Gasteiger partial charge on any atom is -0.378 e. The molecule has 0 atom stereocenters. The van der Waals surface area contributed by atoms with E-state index in [0.717, 1.165) is 5.39 Å². The number of para-hydroxylation sites is 1. The maximum atomic E-state index is 11.2. The molecular weight excluding hydrogens is 619 g/mol. The molecule has 0 spiro atoms. The zero-order valence-corrected chi connectivity index (χ0v) is 25.5. The van der Waals surface area contributed by atoms with Crippen LogP contribution in [0.2, 0.25) is 5.15 Å². The van der Waals surface area contributed by atoms with Gasteiger partial charge in [0.2, 0.25) is 0 Å². The molecule has 5 aromatic rings. The minimum atomic E-state index is -3.22. The molecule has 5 rings (SSSR count). The highest BCUT2D eigenvalue weighted by atomic mass is 36.0. The van der Waals surface area contributed by atoms with Crippen LogP contribution in [0.25, 0.3) is 22.1 Å². The monoisotopic (exact) mass is 643 g/mol. The van der Waals surface area contributed by atoms with Crippen molar-refractivity contribution >= 4 is 78.3 Å². The molecule has 0 unspecified atom stereocenters. The molecule has 0 aliphatic rings. The van der Waals surface area contributed by atoms with Crippen molar-refractivity contribution in [3.63, 3.8) is 0 Å². The number of hydrogen-bond acceptors (Lipinski definition) is 8. The van der Waals surface area contributed by atoms with Crippen LogP contribution in [0.5, 0.6) is 0 Å². The summed E-state index contributed by atoms with van der Waals surface area (Å²) in [4.78, 5) is 27.6. The number of H-pyrrole nitrogens is 1. The summed E-state index contributed by atoms with van der Waals surface area (Å²) < 4.78 is 12.9. The van der Waals surface area contributed by atoms with Crippen LogP contribution in [0.4, 0.5) is 5.69 Å². The van der Waals surface area contributed by atoms with Gasteiger partial charge in [-0.3, -0.25) is 18.7 Å². The Kier molecular flexibility index (Phi) is 13.3.